The van der Waals surface area contributed by atoms with Gasteiger partial charge < -0.3 is 9.88 Å². The Balaban J connectivity index is 2.20. The lowest BCUT2D eigenvalue weighted by Crippen LogP contribution is -2.23. The van der Waals surface area contributed by atoms with Crippen molar-refractivity contribution in [2.45, 2.75) is 6.54 Å². The number of rotatable bonds is 3. The molecule has 3 rings (SSSR count). The molecule has 20 heavy (non-hydrogen) atoms. The first-order valence-electron chi connectivity index (χ1n) is 6.37. The molecule has 0 saturated carbocycles. The van der Waals surface area contributed by atoms with E-state index in [1.807, 2.05) is 47.0 Å². The lowest BCUT2D eigenvalue weighted by Gasteiger charge is -2.07. The maximum Gasteiger partial charge on any atom is 0.239 e. The number of para-hydroxylation sites is 2. The van der Waals surface area contributed by atoms with Crippen molar-refractivity contribution in [2.24, 2.45) is 0 Å². The van der Waals surface area contributed by atoms with Crippen LogP contribution in [0.2, 0.25) is 0 Å². The Hall–Kier alpha value is -2.69. The first kappa shape index (κ1) is 12.3. The minimum atomic E-state index is -0.0645. The van der Waals surface area contributed by atoms with E-state index in [0.717, 1.165) is 16.7 Å². The van der Waals surface area contributed by atoms with Crippen molar-refractivity contribution in [1.29, 1.82) is 0 Å². The average Bonchev–Trinajstić information content (AvgIpc) is 2.87. The standard InChI is InChI=1S/C15H14N4O/c1-16-14(20)10-19-13-8-3-2-6-11(13)18-15(19)12-7-4-5-9-17-12/h2-9H,10H2,1H3,(H,16,20). The number of hydrogen-bond donors (Lipinski definition) is 1. The summed E-state index contributed by atoms with van der Waals surface area (Å²) in [5.41, 5.74) is 2.54. The average molecular weight is 266 g/mol. The second-order valence-corrected chi connectivity index (χ2v) is 4.40. The zero-order chi connectivity index (χ0) is 13.9. The molecule has 2 aromatic heterocycles. The Morgan fingerprint density at radius 1 is 1.20 bits per heavy atom. The Kier molecular flexibility index (Phi) is 3.16. The number of amides is 1. The lowest BCUT2D eigenvalue weighted by atomic mass is 10.3. The molecule has 0 unspecified atom stereocenters. The highest BCUT2D eigenvalue weighted by Gasteiger charge is 2.14. The van der Waals surface area contributed by atoms with E-state index in [9.17, 15) is 4.79 Å². The number of aromatic nitrogens is 3. The number of nitrogens with one attached hydrogen (secondary N) is 1. The normalized spacial score (nSPS) is 10.7. The molecule has 0 radical (unpaired) electrons. The molecular weight excluding hydrogens is 252 g/mol. The fraction of sp³-hybridized carbons (Fsp3) is 0.133. The maximum absolute atomic E-state index is 11.7. The summed E-state index contributed by atoms with van der Waals surface area (Å²) in [6.45, 7) is 0.225. The zero-order valence-corrected chi connectivity index (χ0v) is 11.1. The maximum atomic E-state index is 11.7. The van der Waals surface area contributed by atoms with Crippen LogP contribution in [0.25, 0.3) is 22.6 Å². The Labute approximate surface area is 116 Å². The van der Waals surface area contributed by atoms with Crippen molar-refractivity contribution >= 4 is 16.9 Å². The Morgan fingerprint density at radius 3 is 2.75 bits per heavy atom. The fourth-order valence-electron chi connectivity index (χ4n) is 2.15. The van der Waals surface area contributed by atoms with Crippen molar-refractivity contribution in [3.63, 3.8) is 0 Å². The van der Waals surface area contributed by atoms with Crippen molar-refractivity contribution in [3.8, 4) is 11.5 Å². The first-order valence-corrected chi connectivity index (χ1v) is 6.37. The van der Waals surface area contributed by atoms with Crippen LogP contribution in [0, 0.1) is 0 Å². The van der Waals surface area contributed by atoms with Crippen LogP contribution in [0.5, 0.6) is 0 Å². The number of benzene rings is 1. The molecule has 3 aromatic rings. The molecule has 2 heterocycles. The highest BCUT2D eigenvalue weighted by molar-refractivity contribution is 5.83. The van der Waals surface area contributed by atoms with Crippen LogP contribution in [0.1, 0.15) is 0 Å². The highest BCUT2D eigenvalue weighted by atomic mass is 16.1. The molecule has 1 N–H and O–H groups in total. The van der Waals surface area contributed by atoms with Gasteiger partial charge in [-0.05, 0) is 24.3 Å². The molecule has 1 aromatic carbocycles. The van der Waals surface area contributed by atoms with Gasteiger partial charge in [0, 0.05) is 13.2 Å². The van der Waals surface area contributed by atoms with Gasteiger partial charge in [0.05, 0.1) is 11.0 Å². The van der Waals surface area contributed by atoms with E-state index >= 15 is 0 Å². The number of carbonyl (C=O) groups excluding carboxylic acids is 1. The zero-order valence-electron chi connectivity index (χ0n) is 11.1. The first-order chi connectivity index (χ1) is 9.79. The summed E-state index contributed by atoms with van der Waals surface area (Å²) in [6, 6.07) is 13.4. The second kappa shape index (κ2) is 5.13. The van der Waals surface area contributed by atoms with Gasteiger partial charge in [-0.2, -0.15) is 0 Å². The smallest absolute Gasteiger partial charge is 0.239 e. The molecular formula is C15H14N4O. The monoisotopic (exact) mass is 266 g/mol. The molecule has 0 atom stereocenters. The van der Waals surface area contributed by atoms with E-state index in [-0.39, 0.29) is 12.5 Å². The van der Waals surface area contributed by atoms with Crippen molar-refractivity contribution in [1.82, 2.24) is 19.9 Å². The van der Waals surface area contributed by atoms with E-state index in [4.69, 9.17) is 0 Å². The van der Waals surface area contributed by atoms with Crippen molar-refractivity contribution in [3.05, 3.63) is 48.7 Å². The lowest BCUT2D eigenvalue weighted by molar-refractivity contribution is -0.121. The molecule has 0 saturated heterocycles. The third-order valence-corrected chi connectivity index (χ3v) is 3.13. The predicted molar refractivity (Wildman–Crippen MR) is 77.0 cm³/mol. The van der Waals surface area contributed by atoms with Crippen molar-refractivity contribution in [2.75, 3.05) is 7.05 Å². The number of pyridine rings is 1. The molecule has 100 valence electrons. The van der Waals surface area contributed by atoms with E-state index in [2.05, 4.69) is 15.3 Å². The van der Waals surface area contributed by atoms with Crippen LogP contribution in [0.15, 0.2) is 48.7 Å². The Bertz CT molecular complexity index is 749. The number of nitrogens with zero attached hydrogens (tertiary/aromatic N) is 3. The SMILES string of the molecule is CNC(=O)Cn1c(-c2ccccn2)nc2ccccc21. The van der Waals surface area contributed by atoms with Gasteiger partial charge in [-0.25, -0.2) is 4.98 Å². The number of likely N-dealkylation sites (N-methyl/N-ethyl adjacent to an activating group) is 1. The minimum absolute atomic E-state index is 0.0645. The third-order valence-electron chi connectivity index (χ3n) is 3.13. The minimum Gasteiger partial charge on any atom is -0.358 e. The van der Waals surface area contributed by atoms with Crippen LogP contribution in [-0.4, -0.2) is 27.5 Å². The van der Waals surface area contributed by atoms with Crippen LogP contribution in [0.4, 0.5) is 0 Å². The molecule has 5 nitrogen and oxygen atoms in total. The van der Waals surface area contributed by atoms with Crippen LogP contribution in [0.3, 0.4) is 0 Å². The summed E-state index contributed by atoms with van der Waals surface area (Å²) in [6.07, 6.45) is 1.72. The molecule has 0 bridgehead atoms. The summed E-state index contributed by atoms with van der Waals surface area (Å²) in [5, 5.41) is 2.64. The van der Waals surface area contributed by atoms with Gasteiger partial charge in [-0.15, -0.1) is 0 Å². The molecule has 0 fully saturated rings. The number of imidazole rings is 1. The summed E-state index contributed by atoms with van der Waals surface area (Å²) >= 11 is 0. The van der Waals surface area contributed by atoms with Gasteiger partial charge in [-0.1, -0.05) is 18.2 Å². The van der Waals surface area contributed by atoms with Gasteiger partial charge >= 0.3 is 0 Å². The number of fused-ring (bicyclic) bond motifs is 1. The highest BCUT2D eigenvalue weighted by Crippen LogP contribution is 2.22. The molecule has 0 aliphatic heterocycles. The van der Waals surface area contributed by atoms with E-state index in [1.54, 1.807) is 13.2 Å². The van der Waals surface area contributed by atoms with Crippen LogP contribution in [-0.2, 0) is 11.3 Å². The largest absolute Gasteiger partial charge is 0.358 e. The van der Waals surface area contributed by atoms with Crippen molar-refractivity contribution < 1.29 is 4.79 Å². The van der Waals surface area contributed by atoms with Crippen LogP contribution >= 0.6 is 0 Å². The summed E-state index contributed by atoms with van der Waals surface area (Å²) in [7, 11) is 1.63. The summed E-state index contributed by atoms with van der Waals surface area (Å²) < 4.78 is 1.89. The number of hydrogen-bond acceptors (Lipinski definition) is 3. The second-order valence-electron chi connectivity index (χ2n) is 4.40. The fourth-order valence-corrected chi connectivity index (χ4v) is 2.15. The van der Waals surface area contributed by atoms with Gasteiger partial charge in [0.1, 0.15) is 12.2 Å². The topological polar surface area (TPSA) is 59.8 Å². The van der Waals surface area contributed by atoms with Gasteiger partial charge in [0.15, 0.2) is 5.82 Å². The predicted octanol–water partition coefficient (Wildman–Crippen LogP) is 1.84. The number of carbonyl (C=O) groups is 1. The summed E-state index contributed by atoms with van der Waals surface area (Å²) in [5.74, 6) is 0.640. The third kappa shape index (κ3) is 2.14. The van der Waals surface area contributed by atoms with E-state index in [0.29, 0.717) is 5.82 Å². The van der Waals surface area contributed by atoms with Gasteiger partial charge in [0.2, 0.25) is 5.91 Å². The van der Waals surface area contributed by atoms with Gasteiger partial charge in [-0.3, -0.25) is 9.78 Å². The molecule has 0 spiro atoms. The quantitative estimate of drug-likeness (QED) is 0.787. The molecule has 0 aliphatic carbocycles. The van der Waals surface area contributed by atoms with Crippen LogP contribution < -0.4 is 5.32 Å². The summed E-state index contributed by atoms with van der Waals surface area (Å²) in [4.78, 5) is 20.6. The molecule has 5 heteroatoms. The molecule has 1 amide bonds. The molecule has 0 aliphatic rings. The van der Waals surface area contributed by atoms with Gasteiger partial charge in [0.25, 0.3) is 0 Å². The van der Waals surface area contributed by atoms with E-state index in [1.165, 1.54) is 0 Å². The van der Waals surface area contributed by atoms with E-state index < -0.39 is 0 Å². The Morgan fingerprint density at radius 2 is 2.00 bits per heavy atom.